The Kier molecular flexibility index (Phi) is 6.65. The summed E-state index contributed by atoms with van der Waals surface area (Å²) in [7, 11) is 0. The minimum Gasteiger partial charge on any atom is -0.380 e. The van der Waals surface area contributed by atoms with Gasteiger partial charge in [-0.1, -0.05) is 37.3 Å². The van der Waals surface area contributed by atoms with Gasteiger partial charge in [-0.2, -0.15) is 0 Å². The van der Waals surface area contributed by atoms with Crippen molar-refractivity contribution >= 4 is 5.91 Å². The van der Waals surface area contributed by atoms with Crippen molar-refractivity contribution in [3.63, 3.8) is 0 Å². The zero-order chi connectivity index (χ0) is 19.3. The summed E-state index contributed by atoms with van der Waals surface area (Å²) in [5.41, 5.74) is 1.38. The van der Waals surface area contributed by atoms with Gasteiger partial charge in [-0.3, -0.25) is 14.6 Å². The van der Waals surface area contributed by atoms with E-state index in [0.717, 1.165) is 65.3 Å². The Labute approximate surface area is 169 Å². The summed E-state index contributed by atoms with van der Waals surface area (Å²) in [6.07, 6.45) is 4.46. The van der Waals surface area contributed by atoms with E-state index in [1.54, 1.807) is 0 Å². The molecule has 0 N–H and O–H groups in total. The van der Waals surface area contributed by atoms with Gasteiger partial charge in [0.1, 0.15) is 0 Å². The van der Waals surface area contributed by atoms with E-state index in [9.17, 15) is 4.79 Å². The second-order valence-corrected chi connectivity index (χ2v) is 8.50. The molecule has 0 bridgehead atoms. The van der Waals surface area contributed by atoms with Crippen LogP contribution in [-0.2, 0) is 9.53 Å². The number of hydrogen-bond donors (Lipinski definition) is 0. The van der Waals surface area contributed by atoms with Gasteiger partial charge < -0.3 is 9.64 Å². The third-order valence-electron chi connectivity index (χ3n) is 6.77. The van der Waals surface area contributed by atoms with Crippen molar-refractivity contribution in [2.45, 2.75) is 44.7 Å². The summed E-state index contributed by atoms with van der Waals surface area (Å²) in [5.74, 6) is 0.573. The monoisotopic (exact) mass is 385 g/mol. The first-order chi connectivity index (χ1) is 13.8. The third kappa shape index (κ3) is 4.27. The van der Waals surface area contributed by atoms with E-state index in [0.29, 0.717) is 18.0 Å². The zero-order valence-corrected chi connectivity index (χ0v) is 17.3. The van der Waals surface area contributed by atoms with E-state index in [1.165, 1.54) is 18.4 Å². The second-order valence-electron chi connectivity index (χ2n) is 8.50. The van der Waals surface area contributed by atoms with Gasteiger partial charge in [-0.25, -0.2) is 0 Å². The molecule has 1 amide bonds. The minimum atomic E-state index is 0.173. The summed E-state index contributed by atoms with van der Waals surface area (Å²) < 4.78 is 5.61. The molecule has 154 valence electrons. The molecule has 1 aromatic rings. The first-order valence-electron chi connectivity index (χ1n) is 11.2. The van der Waals surface area contributed by atoms with Crippen LogP contribution in [0.3, 0.4) is 0 Å². The number of carbonyl (C=O) groups excluding carboxylic acids is 1. The summed E-state index contributed by atoms with van der Waals surface area (Å²) in [4.78, 5) is 20.6. The summed E-state index contributed by atoms with van der Waals surface area (Å²) in [6, 6.07) is 11.6. The number of rotatable bonds is 7. The van der Waals surface area contributed by atoms with Crippen LogP contribution < -0.4 is 0 Å². The SMILES string of the molecule is CCCOCCN1CCN(C(=O)[C@H]2C[C@@H](c3ccccc3)N3CCC[C@H]23)CC1. The van der Waals surface area contributed by atoms with Gasteiger partial charge in [0.15, 0.2) is 0 Å². The van der Waals surface area contributed by atoms with Crippen LogP contribution in [0.4, 0.5) is 0 Å². The average molecular weight is 386 g/mol. The van der Waals surface area contributed by atoms with E-state index in [-0.39, 0.29) is 5.92 Å². The molecule has 3 saturated heterocycles. The van der Waals surface area contributed by atoms with Gasteiger partial charge in [0.2, 0.25) is 5.91 Å². The highest BCUT2D eigenvalue weighted by atomic mass is 16.5. The quantitative estimate of drug-likeness (QED) is 0.676. The molecule has 3 aliphatic heterocycles. The van der Waals surface area contributed by atoms with Crippen LogP contribution in [0.15, 0.2) is 30.3 Å². The Hall–Kier alpha value is -1.43. The van der Waals surface area contributed by atoms with Crippen LogP contribution in [-0.4, -0.2) is 79.1 Å². The van der Waals surface area contributed by atoms with Gasteiger partial charge in [0.25, 0.3) is 0 Å². The van der Waals surface area contributed by atoms with Crippen LogP contribution in [0, 0.1) is 5.92 Å². The predicted molar refractivity (Wildman–Crippen MR) is 111 cm³/mol. The Morgan fingerprint density at radius 2 is 1.86 bits per heavy atom. The van der Waals surface area contributed by atoms with E-state index in [1.807, 2.05) is 0 Å². The van der Waals surface area contributed by atoms with Crippen molar-refractivity contribution in [3.8, 4) is 0 Å². The first-order valence-corrected chi connectivity index (χ1v) is 11.2. The highest BCUT2D eigenvalue weighted by Crippen LogP contribution is 2.45. The molecule has 5 nitrogen and oxygen atoms in total. The van der Waals surface area contributed by atoms with E-state index < -0.39 is 0 Å². The Balaban J connectivity index is 1.32. The van der Waals surface area contributed by atoms with Crippen molar-refractivity contribution in [3.05, 3.63) is 35.9 Å². The number of amides is 1. The Bertz CT molecular complexity index is 630. The Morgan fingerprint density at radius 1 is 1.07 bits per heavy atom. The molecule has 0 spiro atoms. The van der Waals surface area contributed by atoms with Crippen molar-refractivity contribution in [2.75, 3.05) is 52.5 Å². The molecule has 0 radical (unpaired) electrons. The molecular formula is C23H35N3O2. The van der Waals surface area contributed by atoms with Crippen molar-refractivity contribution in [1.29, 1.82) is 0 Å². The lowest BCUT2D eigenvalue weighted by molar-refractivity contribution is -0.138. The van der Waals surface area contributed by atoms with E-state index >= 15 is 0 Å². The van der Waals surface area contributed by atoms with Gasteiger partial charge >= 0.3 is 0 Å². The van der Waals surface area contributed by atoms with Gasteiger partial charge in [0.05, 0.1) is 12.5 Å². The van der Waals surface area contributed by atoms with Crippen molar-refractivity contribution < 1.29 is 9.53 Å². The van der Waals surface area contributed by atoms with Gasteiger partial charge in [-0.05, 0) is 37.8 Å². The van der Waals surface area contributed by atoms with Crippen LogP contribution >= 0.6 is 0 Å². The summed E-state index contributed by atoms with van der Waals surface area (Å²) in [5, 5.41) is 0. The molecule has 28 heavy (non-hydrogen) atoms. The normalized spacial score (nSPS) is 28.6. The van der Waals surface area contributed by atoms with Crippen LogP contribution in [0.5, 0.6) is 0 Å². The number of ether oxygens (including phenoxy) is 1. The number of hydrogen-bond acceptors (Lipinski definition) is 4. The maximum absolute atomic E-state index is 13.4. The fourth-order valence-electron chi connectivity index (χ4n) is 5.30. The fraction of sp³-hybridized carbons (Fsp3) is 0.696. The summed E-state index contributed by atoms with van der Waals surface area (Å²) in [6.45, 7) is 9.60. The lowest BCUT2D eigenvalue weighted by Gasteiger charge is -2.36. The standard InChI is InChI=1S/C23H35N3O2/c1-2-16-28-17-15-24-11-13-25(14-12-24)23(27)20-18-22(19-7-4-3-5-8-19)26-10-6-9-21(20)26/h3-5,7-8,20-22H,2,6,9-18H2,1H3/t20-,21+,22-/m0/s1. The first kappa shape index (κ1) is 19.9. The molecule has 4 rings (SSSR count). The fourth-order valence-corrected chi connectivity index (χ4v) is 5.30. The van der Waals surface area contributed by atoms with Crippen LogP contribution in [0.25, 0.3) is 0 Å². The van der Waals surface area contributed by atoms with E-state index in [2.05, 4.69) is 52.0 Å². The lowest BCUT2D eigenvalue weighted by atomic mass is 9.93. The van der Waals surface area contributed by atoms with Crippen molar-refractivity contribution in [1.82, 2.24) is 14.7 Å². The number of carbonyl (C=O) groups is 1. The maximum atomic E-state index is 13.4. The number of fused-ring (bicyclic) bond motifs is 1. The molecule has 3 atom stereocenters. The maximum Gasteiger partial charge on any atom is 0.227 e. The highest BCUT2D eigenvalue weighted by Gasteiger charge is 2.48. The van der Waals surface area contributed by atoms with Gasteiger partial charge in [-0.15, -0.1) is 0 Å². The molecule has 3 aliphatic rings. The Morgan fingerprint density at radius 3 is 2.61 bits per heavy atom. The highest BCUT2D eigenvalue weighted by molar-refractivity contribution is 5.80. The van der Waals surface area contributed by atoms with Crippen LogP contribution in [0.2, 0.25) is 0 Å². The number of benzene rings is 1. The molecule has 3 fully saturated rings. The molecule has 0 aromatic heterocycles. The van der Waals surface area contributed by atoms with Crippen LogP contribution in [0.1, 0.15) is 44.2 Å². The number of nitrogens with zero attached hydrogens (tertiary/aromatic N) is 3. The summed E-state index contributed by atoms with van der Waals surface area (Å²) >= 11 is 0. The molecule has 5 heteroatoms. The smallest absolute Gasteiger partial charge is 0.227 e. The molecule has 3 heterocycles. The molecule has 0 saturated carbocycles. The van der Waals surface area contributed by atoms with Gasteiger partial charge in [0, 0.05) is 51.4 Å². The van der Waals surface area contributed by atoms with E-state index in [4.69, 9.17) is 4.74 Å². The van der Waals surface area contributed by atoms with Crippen molar-refractivity contribution in [2.24, 2.45) is 5.92 Å². The predicted octanol–water partition coefficient (Wildman–Crippen LogP) is 2.78. The molecule has 1 aromatic carbocycles. The molecular weight excluding hydrogens is 350 g/mol. The number of piperazine rings is 1. The zero-order valence-electron chi connectivity index (χ0n) is 17.3. The second kappa shape index (κ2) is 9.38. The molecule has 0 unspecified atom stereocenters. The average Bonchev–Trinajstić information content (AvgIpc) is 3.35. The lowest BCUT2D eigenvalue weighted by Crippen LogP contribution is -2.52. The third-order valence-corrected chi connectivity index (χ3v) is 6.77. The largest absolute Gasteiger partial charge is 0.380 e. The molecule has 0 aliphatic carbocycles. The topological polar surface area (TPSA) is 36.0 Å². The minimum absolute atomic E-state index is 0.173.